The zero-order valence-electron chi connectivity index (χ0n) is 14.3. The number of aromatic nitrogens is 1. The summed E-state index contributed by atoms with van der Waals surface area (Å²) >= 11 is 6.02. The van der Waals surface area contributed by atoms with E-state index in [0.29, 0.717) is 21.8 Å². The minimum Gasteiger partial charge on any atom is -0.465 e. The van der Waals surface area contributed by atoms with E-state index in [1.54, 1.807) is 24.3 Å². The van der Waals surface area contributed by atoms with Crippen molar-refractivity contribution < 1.29 is 19.1 Å². The van der Waals surface area contributed by atoms with Crippen LogP contribution in [0.2, 0.25) is 5.02 Å². The normalized spacial score (nSPS) is 10.6. The zero-order valence-corrected chi connectivity index (χ0v) is 15.0. The van der Waals surface area contributed by atoms with Gasteiger partial charge in [-0.05, 0) is 30.7 Å². The predicted molar refractivity (Wildman–Crippen MR) is 98.4 cm³/mol. The molecule has 1 aromatic heterocycles. The lowest BCUT2D eigenvalue weighted by atomic mass is 10.0. The quantitative estimate of drug-likeness (QED) is 0.640. The van der Waals surface area contributed by atoms with Crippen LogP contribution >= 0.6 is 11.6 Å². The first-order valence-corrected chi connectivity index (χ1v) is 8.29. The molecular weight excluding hydrogens is 354 g/mol. The number of halogens is 1. The number of nitrogens with zero attached hydrogens (tertiary/aromatic N) is 1. The molecule has 0 radical (unpaired) electrons. The number of ether oxygens (including phenoxy) is 2. The lowest BCUT2D eigenvalue weighted by Crippen LogP contribution is -2.14. The highest BCUT2D eigenvalue weighted by Gasteiger charge is 2.21. The largest absolute Gasteiger partial charge is 0.465 e. The van der Waals surface area contributed by atoms with Crippen LogP contribution in [0.5, 0.6) is 0 Å². The van der Waals surface area contributed by atoms with Crippen LogP contribution in [-0.4, -0.2) is 24.0 Å². The molecule has 0 aliphatic rings. The molecule has 0 unspecified atom stereocenters. The molecule has 0 bridgehead atoms. The minimum atomic E-state index is -0.584. The van der Waals surface area contributed by atoms with Crippen molar-refractivity contribution in [1.29, 1.82) is 0 Å². The molecule has 5 nitrogen and oxygen atoms in total. The molecule has 6 heteroatoms. The molecule has 26 heavy (non-hydrogen) atoms. The molecular formula is C20H16ClNO4. The Labute approximate surface area is 155 Å². The Balaban J connectivity index is 1.97. The molecule has 0 atom stereocenters. The molecule has 3 aromatic rings. The van der Waals surface area contributed by atoms with Crippen LogP contribution in [0, 0.1) is 6.92 Å². The number of para-hydroxylation sites is 1. The van der Waals surface area contributed by atoms with Gasteiger partial charge >= 0.3 is 11.9 Å². The third kappa shape index (κ3) is 3.39. The number of esters is 2. The Morgan fingerprint density at radius 3 is 2.46 bits per heavy atom. The van der Waals surface area contributed by atoms with Gasteiger partial charge in [0.1, 0.15) is 6.61 Å². The predicted octanol–water partition coefficient (Wildman–Crippen LogP) is 4.34. The van der Waals surface area contributed by atoms with Crippen molar-refractivity contribution in [3.63, 3.8) is 0 Å². The molecule has 0 aliphatic heterocycles. The van der Waals surface area contributed by atoms with Gasteiger partial charge in [-0.25, -0.2) is 14.6 Å². The number of hydrogen-bond acceptors (Lipinski definition) is 5. The second-order valence-electron chi connectivity index (χ2n) is 5.62. The zero-order chi connectivity index (χ0) is 18.7. The minimum absolute atomic E-state index is 0.167. The maximum absolute atomic E-state index is 12.3. The number of carbonyl (C=O) groups is 2. The fourth-order valence-electron chi connectivity index (χ4n) is 2.76. The highest BCUT2D eigenvalue weighted by molar-refractivity contribution is 6.33. The number of pyridine rings is 1. The fourth-order valence-corrected chi connectivity index (χ4v) is 2.97. The topological polar surface area (TPSA) is 65.5 Å². The summed E-state index contributed by atoms with van der Waals surface area (Å²) in [5.41, 5.74) is 2.34. The summed E-state index contributed by atoms with van der Waals surface area (Å²) in [6, 6.07) is 14.0. The van der Waals surface area contributed by atoms with E-state index in [1.807, 2.05) is 31.2 Å². The second-order valence-corrected chi connectivity index (χ2v) is 6.03. The van der Waals surface area contributed by atoms with Gasteiger partial charge in [-0.15, -0.1) is 0 Å². The second kappa shape index (κ2) is 7.54. The summed E-state index contributed by atoms with van der Waals surface area (Å²) in [4.78, 5) is 29.0. The number of carbonyl (C=O) groups excluding carboxylic acids is 2. The van der Waals surface area contributed by atoms with Gasteiger partial charge in [0, 0.05) is 5.39 Å². The summed E-state index contributed by atoms with van der Waals surface area (Å²) in [6.07, 6.45) is 0. The number of fused-ring (bicyclic) bond motifs is 1. The molecule has 0 saturated carbocycles. The number of methoxy groups -OCH3 is 1. The van der Waals surface area contributed by atoms with E-state index in [9.17, 15) is 9.59 Å². The van der Waals surface area contributed by atoms with Gasteiger partial charge in [0.2, 0.25) is 0 Å². The Morgan fingerprint density at radius 2 is 1.73 bits per heavy atom. The Hall–Kier alpha value is -2.92. The van der Waals surface area contributed by atoms with E-state index in [-0.39, 0.29) is 12.2 Å². The maximum atomic E-state index is 12.3. The number of aryl methyl sites for hydroxylation is 1. The smallest absolute Gasteiger partial charge is 0.340 e. The lowest BCUT2D eigenvalue weighted by Gasteiger charge is -2.13. The monoisotopic (exact) mass is 369 g/mol. The van der Waals surface area contributed by atoms with E-state index in [0.717, 1.165) is 10.9 Å². The van der Waals surface area contributed by atoms with Crippen molar-refractivity contribution in [3.8, 4) is 0 Å². The van der Waals surface area contributed by atoms with Crippen molar-refractivity contribution in [3.05, 3.63) is 75.9 Å². The van der Waals surface area contributed by atoms with Gasteiger partial charge in [-0.2, -0.15) is 0 Å². The van der Waals surface area contributed by atoms with Crippen LogP contribution < -0.4 is 0 Å². The first kappa shape index (κ1) is 17.9. The van der Waals surface area contributed by atoms with E-state index in [2.05, 4.69) is 4.98 Å². The molecule has 0 N–H and O–H groups in total. The molecule has 1 heterocycles. The average molecular weight is 370 g/mol. The van der Waals surface area contributed by atoms with Crippen LogP contribution in [0.3, 0.4) is 0 Å². The third-order valence-corrected chi connectivity index (χ3v) is 4.38. The lowest BCUT2D eigenvalue weighted by molar-refractivity contribution is 0.0455. The SMILES string of the molecule is COC(=O)c1c(COC(=O)c2ccccc2Cl)nc2ccccc2c1C. The van der Waals surface area contributed by atoms with E-state index >= 15 is 0 Å². The first-order valence-electron chi connectivity index (χ1n) is 7.91. The van der Waals surface area contributed by atoms with E-state index in [1.165, 1.54) is 7.11 Å². The molecule has 0 spiro atoms. The van der Waals surface area contributed by atoms with Gasteiger partial charge in [0.15, 0.2) is 0 Å². The van der Waals surface area contributed by atoms with Crippen molar-refractivity contribution >= 4 is 34.4 Å². The summed E-state index contributed by atoms with van der Waals surface area (Å²) in [7, 11) is 1.30. The van der Waals surface area contributed by atoms with Crippen LogP contribution in [0.4, 0.5) is 0 Å². The van der Waals surface area contributed by atoms with Gasteiger partial charge < -0.3 is 9.47 Å². The average Bonchev–Trinajstić information content (AvgIpc) is 2.66. The maximum Gasteiger partial charge on any atom is 0.340 e. The van der Waals surface area contributed by atoms with Crippen molar-refractivity contribution in [2.75, 3.05) is 7.11 Å². The van der Waals surface area contributed by atoms with Gasteiger partial charge in [-0.1, -0.05) is 41.9 Å². The van der Waals surface area contributed by atoms with Crippen LogP contribution in [0.1, 0.15) is 32.0 Å². The summed E-state index contributed by atoms with van der Waals surface area (Å²) in [6.45, 7) is 1.65. The number of rotatable bonds is 4. The molecule has 0 saturated heterocycles. The van der Waals surface area contributed by atoms with Gasteiger partial charge in [0.05, 0.1) is 34.5 Å². The first-order chi connectivity index (χ1) is 12.5. The van der Waals surface area contributed by atoms with E-state index < -0.39 is 11.9 Å². The summed E-state index contributed by atoms with van der Waals surface area (Å²) in [5.74, 6) is -1.11. The molecule has 0 fully saturated rings. The standard InChI is InChI=1S/C20H16ClNO4/c1-12-13-7-4-6-10-16(13)22-17(18(12)20(24)25-2)11-26-19(23)14-8-3-5-9-15(14)21/h3-10H,11H2,1-2H3. The van der Waals surface area contributed by atoms with Gasteiger partial charge in [-0.3, -0.25) is 0 Å². The number of benzene rings is 2. The molecule has 0 amide bonds. The van der Waals surface area contributed by atoms with Crippen LogP contribution in [-0.2, 0) is 16.1 Å². The van der Waals surface area contributed by atoms with E-state index in [4.69, 9.17) is 21.1 Å². The fraction of sp³-hybridized carbons (Fsp3) is 0.150. The third-order valence-electron chi connectivity index (χ3n) is 4.05. The number of hydrogen-bond donors (Lipinski definition) is 0. The molecule has 0 aliphatic carbocycles. The van der Waals surface area contributed by atoms with Crippen molar-refractivity contribution in [2.45, 2.75) is 13.5 Å². The molecule has 2 aromatic carbocycles. The van der Waals surface area contributed by atoms with Crippen molar-refractivity contribution in [2.24, 2.45) is 0 Å². The van der Waals surface area contributed by atoms with Crippen LogP contribution in [0.25, 0.3) is 10.9 Å². The molecule has 132 valence electrons. The van der Waals surface area contributed by atoms with Crippen molar-refractivity contribution in [1.82, 2.24) is 4.98 Å². The highest BCUT2D eigenvalue weighted by Crippen LogP contribution is 2.25. The molecule has 3 rings (SSSR count). The Kier molecular flexibility index (Phi) is 5.19. The summed E-state index contributed by atoms with van der Waals surface area (Å²) < 4.78 is 10.2. The highest BCUT2D eigenvalue weighted by atomic mass is 35.5. The van der Waals surface area contributed by atoms with Gasteiger partial charge in [0.25, 0.3) is 0 Å². The Bertz CT molecular complexity index is 1000. The van der Waals surface area contributed by atoms with Crippen LogP contribution in [0.15, 0.2) is 48.5 Å². The summed E-state index contributed by atoms with van der Waals surface area (Å²) in [5, 5.41) is 1.14. The Morgan fingerprint density at radius 1 is 1.04 bits per heavy atom.